The summed E-state index contributed by atoms with van der Waals surface area (Å²) in [5, 5.41) is 28.1. The first-order chi connectivity index (χ1) is 18.0. The van der Waals surface area contributed by atoms with Gasteiger partial charge in [-0.2, -0.15) is 0 Å². The highest BCUT2D eigenvalue weighted by atomic mass is 16.7. The maximum atomic E-state index is 12.0. The van der Waals surface area contributed by atoms with E-state index in [1.165, 1.54) is 5.01 Å². The second kappa shape index (κ2) is 16.0. The van der Waals surface area contributed by atoms with Gasteiger partial charge in [0.05, 0.1) is 29.0 Å². The summed E-state index contributed by atoms with van der Waals surface area (Å²) in [5.41, 5.74) is -0.741. The minimum Gasteiger partial charge on any atom is -0.569 e. The average Bonchev–Trinajstić information content (AvgIpc) is 2.85. The molecule has 0 spiro atoms. The molecule has 0 aromatic heterocycles. The molecular formula is C20H26N4O14. The largest absolute Gasteiger partial charge is 0.569 e. The maximum Gasteiger partial charge on any atom is 0.347 e. The summed E-state index contributed by atoms with van der Waals surface area (Å²) in [7, 11) is 0. The van der Waals surface area contributed by atoms with Gasteiger partial charge in [-0.25, -0.2) is 9.59 Å². The van der Waals surface area contributed by atoms with Crippen LogP contribution in [0.15, 0.2) is 17.4 Å². The van der Waals surface area contributed by atoms with Gasteiger partial charge in [0.2, 0.25) is 24.6 Å². The number of nitro groups is 1. The Morgan fingerprint density at radius 3 is 1.71 bits per heavy atom. The summed E-state index contributed by atoms with van der Waals surface area (Å²) in [5.74, 6) is -4.77. The van der Waals surface area contributed by atoms with Crippen molar-refractivity contribution in [2.75, 3.05) is 39.9 Å². The molecule has 0 heterocycles. The molecule has 0 bridgehead atoms. The summed E-state index contributed by atoms with van der Waals surface area (Å²) < 4.78 is 28.6. The molecule has 0 fully saturated rings. The zero-order chi connectivity index (χ0) is 28.7. The SMILES string of the molecule is CCN(CC)/[N+]([O-])=N/Oc1cc(OCC(=O)OCOC(C)=O)c(OCC(=O)OCOC(C)=O)cc1[N+](=O)[O-]. The van der Waals surface area contributed by atoms with Crippen molar-refractivity contribution >= 4 is 29.6 Å². The third kappa shape index (κ3) is 11.2. The second-order valence-electron chi connectivity index (χ2n) is 6.71. The molecular weight excluding hydrogens is 520 g/mol. The Hall–Kier alpha value is -4.90. The first kappa shape index (κ1) is 31.1. The second-order valence-corrected chi connectivity index (χ2v) is 6.71. The molecule has 18 heteroatoms. The van der Waals surface area contributed by atoms with Crippen LogP contribution in [-0.2, 0) is 38.1 Å². The van der Waals surface area contributed by atoms with E-state index in [-0.39, 0.29) is 23.8 Å². The molecule has 210 valence electrons. The standard InChI is InChI=1S/C20H26N4O14/c1-5-22(6-2)24(31)21-38-16-8-18(33-10-20(28)37-12-35-14(4)26)17(7-15(16)23(29)30)32-9-19(27)36-11-34-13(3)25/h7-8H,5-6,9-12H2,1-4H3/b24-21-. The third-order valence-electron chi connectivity index (χ3n) is 4.06. The molecule has 0 N–H and O–H groups in total. The molecule has 0 saturated carbocycles. The van der Waals surface area contributed by atoms with Crippen molar-refractivity contribution in [3.63, 3.8) is 0 Å². The summed E-state index contributed by atoms with van der Waals surface area (Å²) >= 11 is 0. The van der Waals surface area contributed by atoms with Gasteiger partial charge in [-0.15, -0.1) is 5.01 Å². The van der Waals surface area contributed by atoms with Crippen molar-refractivity contribution < 1.29 is 62.3 Å². The molecule has 0 amide bonds. The average molecular weight is 546 g/mol. The molecule has 1 aromatic rings. The van der Waals surface area contributed by atoms with Gasteiger partial charge >= 0.3 is 29.6 Å². The highest BCUT2D eigenvalue weighted by Gasteiger charge is 2.25. The number of ether oxygens (including phenoxy) is 6. The number of carbonyl (C=O) groups is 4. The first-order valence-electron chi connectivity index (χ1n) is 10.7. The van der Waals surface area contributed by atoms with Crippen LogP contribution in [0, 0.1) is 15.3 Å². The monoisotopic (exact) mass is 546 g/mol. The number of nitro benzene ring substituents is 1. The lowest BCUT2D eigenvalue weighted by Gasteiger charge is -2.14. The van der Waals surface area contributed by atoms with E-state index < -0.39 is 72.8 Å². The fourth-order valence-electron chi connectivity index (χ4n) is 2.28. The quantitative estimate of drug-likeness (QED) is 0.0705. The molecule has 0 aliphatic heterocycles. The number of carbonyl (C=O) groups excluding carboxylic acids is 4. The van der Waals surface area contributed by atoms with Crippen molar-refractivity contribution in [2.24, 2.45) is 5.28 Å². The van der Waals surface area contributed by atoms with E-state index in [9.17, 15) is 34.5 Å². The van der Waals surface area contributed by atoms with Crippen molar-refractivity contribution in [2.45, 2.75) is 27.7 Å². The lowest BCUT2D eigenvalue weighted by molar-refractivity contribution is -0.706. The van der Waals surface area contributed by atoms with Crippen LogP contribution < -0.4 is 14.3 Å². The lowest BCUT2D eigenvalue weighted by Crippen LogP contribution is -2.30. The van der Waals surface area contributed by atoms with Crippen molar-refractivity contribution in [3.8, 4) is 17.2 Å². The fourth-order valence-corrected chi connectivity index (χ4v) is 2.28. The molecule has 18 nitrogen and oxygen atoms in total. The van der Waals surface area contributed by atoms with Crippen molar-refractivity contribution in [1.29, 1.82) is 0 Å². The van der Waals surface area contributed by atoms with Crippen LogP contribution in [0.3, 0.4) is 0 Å². The van der Waals surface area contributed by atoms with Crippen LogP contribution in [0.1, 0.15) is 27.7 Å². The molecule has 1 rings (SSSR count). The minimum atomic E-state index is -1.02. The number of esters is 4. The minimum absolute atomic E-state index is 0.0835. The molecule has 0 radical (unpaired) electrons. The molecule has 0 saturated heterocycles. The number of rotatable bonds is 16. The van der Waals surface area contributed by atoms with Gasteiger partial charge in [0, 0.05) is 19.9 Å². The zero-order valence-electron chi connectivity index (χ0n) is 20.9. The van der Waals surface area contributed by atoms with E-state index in [0.29, 0.717) is 0 Å². The molecule has 1 aromatic carbocycles. The maximum absolute atomic E-state index is 12.0. The van der Waals surface area contributed by atoms with Gasteiger partial charge in [-0.1, -0.05) is 0 Å². The Balaban J connectivity index is 3.18. The van der Waals surface area contributed by atoms with Gasteiger partial charge in [0.25, 0.3) is 0 Å². The predicted molar refractivity (Wildman–Crippen MR) is 119 cm³/mol. The van der Waals surface area contributed by atoms with Crippen molar-refractivity contribution in [1.82, 2.24) is 5.01 Å². The molecule has 38 heavy (non-hydrogen) atoms. The van der Waals surface area contributed by atoms with Crippen LogP contribution in [0.25, 0.3) is 0 Å². The summed E-state index contributed by atoms with van der Waals surface area (Å²) in [4.78, 5) is 60.9. The molecule has 0 unspecified atom stereocenters. The van der Waals surface area contributed by atoms with E-state index in [2.05, 4.69) is 24.2 Å². The predicted octanol–water partition coefficient (Wildman–Crippen LogP) is 0.993. The van der Waals surface area contributed by atoms with Crippen LogP contribution in [0.5, 0.6) is 17.2 Å². The Kier molecular flexibility index (Phi) is 13.1. The van der Waals surface area contributed by atoms with E-state index in [0.717, 1.165) is 26.0 Å². The third-order valence-corrected chi connectivity index (χ3v) is 4.06. The Morgan fingerprint density at radius 1 is 0.816 bits per heavy atom. The first-order valence-corrected chi connectivity index (χ1v) is 10.7. The van der Waals surface area contributed by atoms with Crippen LogP contribution >= 0.6 is 0 Å². The van der Waals surface area contributed by atoms with Gasteiger partial charge in [0.15, 0.2) is 24.7 Å². The number of hydrazine groups is 1. The lowest BCUT2D eigenvalue weighted by atomic mass is 10.2. The topological polar surface area (TPSA) is 218 Å². The number of nitrogens with zero attached hydrogens (tertiary/aromatic N) is 4. The Morgan fingerprint density at radius 2 is 1.29 bits per heavy atom. The highest BCUT2D eigenvalue weighted by molar-refractivity contribution is 5.73. The number of hydrogen-bond donors (Lipinski definition) is 0. The van der Waals surface area contributed by atoms with E-state index in [4.69, 9.17) is 14.3 Å². The van der Waals surface area contributed by atoms with Crippen LogP contribution in [0.4, 0.5) is 5.69 Å². The smallest absolute Gasteiger partial charge is 0.347 e. The van der Waals surface area contributed by atoms with E-state index in [1.54, 1.807) is 13.8 Å². The summed E-state index contributed by atoms with van der Waals surface area (Å²) in [6, 6.07) is 1.67. The van der Waals surface area contributed by atoms with Gasteiger partial charge in [0.1, 0.15) is 0 Å². The fraction of sp³-hybridized carbons (Fsp3) is 0.500. The van der Waals surface area contributed by atoms with Gasteiger partial charge in [-0.3, -0.25) is 24.5 Å². The van der Waals surface area contributed by atoms with E-state index in [1.807, 2.05) is 0 Å². The molecule has 0 aliphatic carbocycles. The van der Waals surface area contributed by atoms with Gasteiger partial charge < -0.3 is 33.6 Å². The summed E-state index contributed by atoms with van der Waals surface area (Å²) in [6.45, 7) is 3.06. The molecule has 0 aliphatic rings. The van der Waals surface area contributed by atoms with E-state index >= 15 is 0 Å². The number of benzene rings is 1. The van der Waals surface area contributed by atoms with Gasteiger partial charge in [-0.05, 0) is 13.8 Å². The normalized spacial score (nSPS) is 10.6. The van der Waals surface area contributed by atoms with Crippen LogP contribution in [-0.4, -0.2) is 78.7 Å². The molecule has 0 atom stereocenters. The highest BCUT2D eigenvalue weighted by Crippen LogP contribution is 2.39. The summed E-state index contributed by atoms with van der Waals surface area (Å²) in [6.07, 6.45) is 0. The zero-order valence-corrected chi connectivity index (χ0v) is 20.9. The van der Waals surface area contributed by atoms with Crippen LogP contribution in [0.2, 0.25) is 0 Å². The number of hydrogen-bond acceptors (Lipinski definition) is 15. The Bertz CT molecular complexity index is 1040. The van der Waals surface area contributed by atoms with Crippen molar-refractivity contribution in [3.05, 3.63) is 27.5 Å². The Labute approximate surface area is 215 Å².